The number of halogens is 1. The number of hydrogen-bond donors (Lipinski definition) is 0. The number of rotatable bonds is 3. The van der Waals surface area contributed by atoms with Crippen molar-refractivity contribution >= 4 is 0 Å². The second-order valence-corrected chi connectivity index (χ2v) is 4.26. The summed E-state index contributed by atoms with van der Waals surface area (Å²) in [6.07, 6.45) is 1.65. The standard InChI is InChI=1S/C15H12FN3/c16-14-8-4-7-13(9-14)15-10-17-19(18-15)11-12-5-2-1-3-6-12/h1-10H,11H2. The van der Waals surface area contributed by atoms with Crippen molar-refractivity contribution in [3.05, 3.63) is 72.2 Å². The lowest BCUT2D eigenvalue weighted by Gasteiger charge is -1.99. The minimum atomic E-state index is -0.268. The van der Waals surface area contributed by atoms with Gasteiger partial charge in [0.25, 0.3) is 0 Å². The SMILES string of the molecule is Fc1cccc(-c2cnn(Cc3ccccc3)n2)c1. The molecule has 4 heteroatoms. The van der Waals surface area contributed by atoms with E-state index in [0.717, 1.165) is 11.1 Å². The van der Waals surface area contributed by atoms with Crippen molar-refractivity contribution in [1.82, 2.24) is 15.0 Å². The highest BCUT2D eigenvalue weighted by Gasteiger charge is 2.05. The Hall–Kier alpha value is -2.49. The quantitative estimate of drug-likeness (QED) is 0.718. The Kier molecular flexibility index (Phi) is 3.06. The van der Waals surface area contributed by atoms with E-state index >= 15 is 0 Å². The molecule has 3 nitrogen and oxygen atoms in total. The Balaban J connectivity index is 1.84. The zero-order valence-corrected chi connectivity index (χ0v) is 10.2. The Morgan fingerprint density at radius 1 is 1.00 bits per heavy atom. The van der Waals surface area contributed by atoms with Crippen LogP contribution in [-0.4, -0.2) is 15.0 Å². The first-order chi connectivity index (χ1) is 9.31. The van der Waals surface area contributed by atoms with Crippen LogP contribution in [-0.2, 0) is 6.54 Å². The highest BCUT2D eigenvalue weighted by molar-refractivity contribution is 5.57. The molecular formula is C15H12FN3. The van der Waals surface area contributed by atoms with E-state index in [4.69, 9.17) is 0 Å². The fourth-order valence-electron chi connectivity index (χ4n) is 1.90. The van der Waals surface area contributed by atoms with Crippen LogP contribution in [0.3, 0.4) is 0 Å². The highest BCUT2D eigenvalue weighted by atomic mass is 19.1. The van der Waals surface area contributed by atoms with Crippen LogP contribution in [0.1, 0.15) is 5.56 Å². The number of hydrogen-bond acceptors (Lipinski definition) is 2. The van der Waals surface area contributed by atoms with Crippen LogP contribution in [0.25, 0.3) is 11.3 Å². The van der Waals surface area contributed by atoms with Crippen LogP contribution < -0.4 is 0 Å². The third-order valence-corrected chi connectivity index (χ3v) is 2.82. The molecular weight excluding hydrogens is 241 g/mol. The van der Waals surface area contributed by atoms with E-state index < -0.39 is 0 Å². The van der Waals surface area contributed by atoms with Crippen LogP contribution >= 0.6 is 0 Å². The van der Waals surface area contributed by atoms with Gasteiger partial charge in [-0.25, -0.2) is 4.39 Å². The zero-order valence-electron chi connectivity index (χ0n) is 10.2. The number of aromatic nitrogens is 3. The molecule has 0 saturated carbocycles. The molecule has 0 spiro atoms. The van der Waals surface area contributed by atoms with Crippen LogP contribution in [0.15, 0.2) is 60.8 Å². The molecule has 3 aromatic rings. The van der Waals surface area contributed by atoms with Crippen molar-refractivity contribution in [3.63, 3.8) is 0 Å². The van der Waals surface area contributed by atoms with Gasteiger partial charge in [0.15, 0.2) is 0 Å². The summed E-state index contributed by atoms with van der Waals surface area (Å²) in [5.41, 5.74) is 2.54. The van der Waals surface area contributed by atoms with Gasteiger partial charge in [0.1, 0.15) is 11.5 Å². The summed E-state index contributed by atoms with van der Waals surface area (Å²) in [6, 6.07) is 16.3. The second-order valence-electron chi connectivity index (χ2n) is 4.26. The molecule has 0 fully saturated rings. The van der Waals surface area contributed by atoms with Gasteiger partial charge in [-0.3, -0.25) is 0 Å². The van der Waals surface area contributed by atoms with Gasteiger partial charge < -0.3 is 0 Å². The zero-order chi connectivity index (χ0) is 13.1. The number of nitrogens with zero attached hydrogens (tertiary/aromatic N) is 3. The maximum Gasteiger partial charge on any atom is 0.123 e. The van der Waals surface area contributed by atoms with Gasteiger partial charge in [-0.15, -0.1) is 0 Å². The maximum absolute atomic E-state index is 13.2. The smallest absolute Gasteiger partial charge is 0.123 e. The van der Waals surface area contributed by atoms with E-state index in [1.165, 1.54) is 12.1 Å². The maximum atomic E-state index is 13.2. The number of benzene rings is 2. The van der Waals surface area contributed by atoms with Crippen molar-refractivity contribution in [2.75, 3.05) is 0 Å². The summed E-state index contributed by atoms with van der Waals surface area (Å²) in [4.78, 5) is 1.61. The lowest BCUT2D eigenvalue weighted by molar-refractivity contribution is 0.592. The van der Waals surface area contributed by atoms with E-state index in [-0.39, 0.29) is 5.82 Å². The third kappa shape index (κ3) is 2.68. The predicted molar refractivity (Wildman–Crippen MR) is 71.0 cm³/mol. The molecule has 94 valence electrons. The van der Waals surface area contributed by atoms with E-state index in [1.807, 2.05) is 36.4 Å². The molecule has 0 saturated heterocycles. The molecule has 0 atom stereocenters. The average molecular weight is 253 g/mol. The van der Waals surface area contributed by atoms with Crippen LogP contribution in [0.5, 0.6) is 0 Å². The minimum Gasteiger partial charge on any atom is -0.207 e. The van der Waals surface area contributed by atoms with Crippen molar-refractivity contribution in [1.29, 1.82) is 0 Å². The van der Waals surface area contributed by atoms with Gasteiger partial charge >= 0.3 is 0 Å². The molecule has 1 heterocycles. The molecule has 3 rings (SSSR count). The Labute approximate surface area is 110 Å². The van der Waals surface area contributed by atoms with Gasteiger partial charge in [0.2, 0.25) is 0 Å². The first kappa shape index (κ1) is 11.6. The van der Waals surface area contributed by atoms with Crippen molar-refractivity contribution < 1.29 is 4.39 Å². The molecule has 0 amide bonds. The average Bonchev–Trinajstić information content (AvgIpc) is 2.88. The summed E-state index contributed by atoms with van der Waals surface area (Å²) < 4.78 is 13.2. The molecule has 0 aliphatic rings. The summed E-state index contributed by atoms with van der Waals surface area (Å²) in [5, 5.41) is 8.56. The normalized spacial score (nSPS) is 10.6. The first-order valence-electron chi connectivity index (χ1n) is 6.01. The topological polar surface area (TPSA) is 30.7 Å². The van der Waals surface area contributed by atoms with E-state index in [9.17, 15) is 4.39 Å². The van der Waals surface area contributed by atoms with Crippen molar-refractivity contribution in [3.8, 4) is 11.3 Å². The largest absolute Gasteiger partial charge is 0.207 e. The lowest BCUT2D eigenvalue weighted by atomic mass is 10.2. The molecule has 0 aliphatic heterocycles. The molecule has 0 aliphatic carbocycles. The summed E-state index contributed by atoms with van der Waals surface area (Å²) >= 11 is 0. The fraction of sp³-hybridized carbons (Fsp3) is 0.0667. The van der Waals surface area contributed by atoms with Crippen LogP contribution in [0, 0.1) is 5.82 Å². The fourth-order valence-corrected chi connectivity index (χ4v) is 1.90. The van der Waals surface area contributed by atoms with Gasteiger partial charge in [0, 0.05) is 5.56 Å². The van der Waals surface area contributed by atoms with E-state index in [0.29, 0.717) is 12.2 Å². The molecule has 0 bridgehead atoms. The monoisotopic (exact) mass is 253 g/mol. The Morgan fingerprint density at radius 3 is 2.63 bits per heavy atom. The van der Waals surface area contributed by atoms with Gasteiger partial charge in [-0.1, -0.05) is 42.5 Å². The van der Waals surface area contributed by atoms with Gasteiger partial charge in [-0.05, 0) is 17.7 Å². The van der Waals surface area contributed by atoms with Gasteiger partial charge in [-0.2, -0.15) is 15.0 Å². The second kappa shape index (κ2) is 5.02. The minimum absolute atomic E-state index is 0.268. The highest BCUT2D eigenvalue weighted by Crippen LogP contribution is 2.16. The Bertz CT molecular complexity index is 677. The van der Waals surface area contributed by atoms with Crippen LogP contribution in [0.2, 0.25) is 0 Å². The molecule has 2 aromatic carbocycles. The predicted octanol–water partition coefficient (Wildman–Crippen LogP) is 3.13. The van der Waals surface area contributed by atoms with Gasteiger partial charge in [0.05, 0.1) is 12.7 Å². The third-order valence-electron chi connectivity index (χ3n) is 2.82. The summed E-state index contributed by atoms with van der Waals surface area (Å²) in [7, 11) is 0. The van der Waals surface area contributed by atoms with Crippen molar-refractivity contribution in [2.24, 2.45) is 0 Å². The molecule has 1 aromatic heterocycles. The first-order valence-corrected chi connectivity index (χ1v) is 6.01. The Morgan fingerprint density at radius 2 is 1.84 bits per heavy atom. The van der Waals surface area contributed by atoms with Crippen LogP contribution in [0.4, 0.5) is 4.39 Å². The van der Waals surface area contributed by atoms with E-state index in [1.54, 1.807) is 17.1 Å². The van der Waals surface area contributed by atoms with Crippen molar-refractivity contribution in [2.45, 2.75) is 6.54 Å². The molecule has 19 heavy (non-hydrogen) atoms. The summed E-state index contributed by atoms with van der Waals surface area (Å²) in [5.74, 6) is -0.268. The summed E-state index contributed by atoms with van der Waals surface area (Å²) in [6.45, 7) is 0.607. The molecule has 0 unspecified atom stereocenters. The lowest BCUT2D eigenvalue weighted by Crippen LogP contribution is -2.03. The molecule has 0 N–H and O–H groups in total. The van der Waals surface area contributed by atoms with E-state index in [2.05, 4.69) is 10.2 Å². The molecule has 0 radical (unpaired) electrons.